The van der Waals surface area contributed by atoms with Gasteiger partial charge in [0.15, 0.2) is 0 Å². The number of halogens is 1. The fourth-order valence-corrected chi connectivity index (χ4v) is 4.14. The van der Waals surface area contributed by atoms with E-state index >= 15 is 0 Å². The molecule has 0 radical (unpaired) electrons. The molecule has 0 saturated carbocycles. The maximum atomic E-state index is 12.7. The number of benzene rings is 1. The molecular formula is C11H10FNO2S3. The van der Waals surface area contributed by atoms with E-state index in [4.69, 9.17) is 0 Å². The Morgan fingerprint density at radius 3 is 2.44 bits per heavy atom. The zero-order chi connectivity index (χ0) is 13.2. The van der Waals surface area contributed by atoms with Crippen LogP contribution in [0.5, 0.6) is 0 Å². The van der Waals surface area contributed by atoms with E-state index in [-0.39, 0.29) is 5.82 Å². The summed E-state index contributed by atoms with van der Waals surface area (Å²) in [6, 6.07) is 9.69. The van der Waals surface area contributed by atoms with Crippen molar-refractivity contribution in [2.24, 2.45) is 0 Å². The van der Waals surface area contributed by atoms with Gasteiger partial charge in [-0.15, -0.1) is 11.3 Å². The summed E-state index contributed by atoms with van der Waals surface area (Å²) in [4.78, 5) is 0.907. The van der Waals surface area contributed by atoms with Crippen molar-refractivity contribution in [2.75, 3.05) is 11.0 Å². The third-order valence-corrected chi connectivity index (χ3v) is 4.76. The molecule has 0 aliphatic heterocycles. The minimum Gasteiger partial charge on any atom is -0.275 e. The molecule has 2 aromatic rings. The van der Waals surface area contributed by atoms with Gasteiger partial charge in [-0.2, -0.15) is 0 Å². The average Bonchev–Trinajstić information content (AvgIpc) is 2.66. The van der Waals surface area contributed by atoms with Crippen molar-refractivity contribution in [3.63, 3.8) is 0 Å². The van der Waals surface area contributed by atoms with E-state index in [0.29, 0.717) is 5.00 Å². The first kappa shape index (κ1) is 13.4. The highest BCUT2D eigenvalue weighted by Gasteiger charge is 2.06. The van der Waals surface area contributed by atoms with Gasteiger partial charge in [0, 0.05) is 4.90 Å². The van der Waals surface area contributed by atoms with Crippen LogP contribution in [0, 0.1) is 5.82 Å². The number of hydrogen-bond acceptors (Lipinski definition) is 4. The van der Waals surface area contributed by atoms with Crippen LogP contribution in [0.2, 0.25) is 0 Å². The number of hydrogen-bond donors (Lipinski definition) is 1. The van der Waals surface area contributed by atoms with Crippen LogP contribution in [0.4, 0.5) is 9.39 Å². The van der Waals surface area contributed by atoms with Crippen LogP contribution in [0.3, 0.4) is 0 Å². The summed E-state index contributed by atoms with van der Waals surface area (Å²) < 4.78 is 38.2. The molecule has 0 bridgehead atoms. The van der Waals surface area contributed by atoms with Crippen molar-refractivity contribution in [3.8, 4) is 0 Å². The molecule has 7 heteroatoms. The van der Waals surface area contributed by atoms with Crippen molar-refractivity contribution in [3.05, 3.63) is 42.2 Å². The molecule has 0 spiro atoms. The van der Waals surface area contributed by atoms with Gasteiger partial charge < -0.3 is 0 Å². The second-order valence-electron chi connectivity index (χ2n) is 3.55. The van der Waals surface area contributed by atoms with Gasteiger partial charge in [0.05, 0.1) is 10.5 Å². The first-order chi connectivity index (χ1) is 8.42. The minimum atomic E-state index is -3.24. The smallest absolute Gasteiger partial charge is 0.230 e. The molecule has 0 unspecified atom stereocenters. The molecule has 1 heterocycles. The lowest BCUT2D eigenvalue weighted by atomic mass is 10.4. The third-order valence-electron chi connectivity index (χ3n) is 1.90. The van der Waals surface area contributed by atoms with Crippen LogP contribution >= 0.6 is 23.1 Å². The SMILES string of the molecule is CS(=O)(=O)Nc1ccc(Sc2ccc(F)cc2)s1. The van der Waals surface area contributed by atoms with Crippen LogP contribution < -0.4 is 4.72 Å². The van der Waals surface area contributed by atoms with Crippen LogP contribution in [0.15, 0.2) is 45.5 Å². The Kier molecular flexibility index (Phi) is 3.94. The molecule has 3 nitrogen and oxygen atoms in total. The van der Waals surface area contributed by atoms with Crippen molar-refractivity contribution < 1.29 is 12.8 Å². The highest BCUT2D eigenvalue weighted by atomic mass is 32.2. The van der Waals surface area contributed by atoms with E-state index in [1.807, 2.05) is 6.07 Å². The lowest BCUT2D eigenvalue weighted by Gasteiger charge is -1.99. The molecule has 1 aromatic heterocycles. The standard InChI is InChI=1S/C11H10FNO2S3/c1-18(14,15)13-10-6-7-11(17-10)16-9-4-2-8(12)3-5-9/h2-7,13H,1H3. The maximum Gasteiger partial charge on any atom is 0.230 e. The number of anilines is 1. The molecule has 96 valence electrons. The van der Waals surface area contributed by atoms with Gasteiger partial charge in [0.1, 0.15) is 10.8 Å². The molecule has 0 fully saturated rings. The first-order valence-electron chi connectivity index (χ1n) is 4.93. The zero-order valence-electron chi connectivity index (χ0n) is 9.38. The largest absolute Gasteiger partial charge is 0.275 e. The average molecular weight is 303 g/mol. The van der Waals surface area contributed by atoms with E-state index in [0.717, 1.165) is 15.4 Å². The van der Waals surface area contributed by atoms with Crippen molar-refractivity contribution in [1.82, 2.24) is 0 Å². The summed E-state index contributed by atoms with van der Waals surface area (Å²) in [5.41, 5.74) is 0. The lowest BCUT2D eigenvalue weighted by Crippen LogP contribution is -2.07. The van der Waals surface area contributed by atoms with Gasteiger partial charge in [-0.3, -0.25) is 4.72 Å². The number of sulfonamides is 1. The number of thiophene rings is 1. The fourth-order valence-electron chi connectivity index (χ4n) is 1.23. The predicted octanol–water partition coefficient (Wildman–Crippen LogP) is 3.41. The van der Waals surface area contributed by atoms with Gasteiger partial charge in [-0.1, -0.05) is 11.8 Å². The molecule has 18 heavy (non-hydrogen) atoms. The monoisotopic (exact) mass is 303 g/mol. The lowest BCUT2D eigenvalue weighted by molar-refractivity contribution is 0.607. The van der Waals surface area contributed by atoms with Crippen molar-refractivity contribution in [1.29, 1.82) is 0 Å². The number of nitrogens with one attached hydrogen (secondary N) is 1. The normalized spacial score (nSPS) is 11.4. The molecule has 0 atom stereocenters. The van der Waals surface area contributed by atoms with Crippen molar-refractivity contribution in [2.45, 2.75) is 9.10 Å². The van der Waals surface area contributed by atoms with Gasteiger partial charge in [0.2, 0.25) is 10.0 Å². The van der Waals surface area contributed by atoms with Crippen LogP contribution in [-0.4, -0.2) is 14.7 Å². The zero-order valence-corrected chi connectivity index (χ0v) is 11.8. The van der Waals surface area contributed by atoms with Crippen LogP contribution in [-0.2, 0) is 10.0 Å². The van der Waals surface area contributed by atoms with Gasteiger partial charge in [-0.05, 0) is 36.4 Å². The fraction of sp³-hybridized carbons (Fsp3) is 0.0909. The highest BCUT2D eigenvalue weighted by Crippen LogP contribution is 2.35. The maximum absolute atomic E-state index is 12.7. The molecule has 0 amide bonds. The molecule has 1 aromatic carbocycles. The summed E-state index contributed by atoms with van der Waals surface area (Å²) >= 11 is 2.80. The Hall–Kier alpha value is -1.05. The molecule has 1 N–H and O–H groups in total. The predicted molar refractivity (Wildman–Crippen MR) is 73.3 cm³/mol. The van der Waals surface area contributed by atoms with E-state index < -0.39 is 10.0 Å². The number of rotatable bonds is 4. The van der Waals surface area contributed by atoms with E-state index in [2.05, 4.69) is 4.72 Å². The summed E-state index contributed by atoms with van der Waals surface area (Å²) in [6.45, 7) is 0. The molecule has 0 aliphatic rings. The summed E-state index contributed by atoms with van der Waals surface area (Å²) in [6.07, 6.45) is 1.11. The highest BCUT2D eigenvalue weighted by molar-refractivity contribution is 8.01. The van der Waals surface area contributed by atoms with E-state index in [1.54, 1.807) is 18.2 Å². The first-order valence-corrected chi connectivity index (χ1v) is 8.46. The van der Waals surface area contributed by atoms with Crippen LogP contribution in [0.1, 0.15) is 0 Å². The second kappa shape index (κ2) is 5.29. The third kappa shape index (κ3) is 4.01. The van der Waals surface area contributed by atoms with Crippen molar-refractivity contribution >= 4 is 38.1 Å². The van der Waals surface area contributed by atoms with Gasteiger partial charge in [0.25, 0.3) is 0 Å². The second-order valence-corrected chi connectivity index (χ2v) is 7.75. The Balaban J connectivity index is 2.09. The summed E-state index contributed by atoms with van der Waals surface area (Å²) in [7, 11) is -3.24. The minimum absolute atomic E-state index is 0.273. The summed E-state index contributed by atoms with van der Waals surface area (Å²) in [5.74, 6) is -0.273. The Labute approximate surface area is 113 Å². The summed E-state index contributed by atoms with van der Waals surface area (Å²) in [5, 5.41) is 0.571. The quantitative estimate of drug-likeness (QED) is 0.941. The van der Waals surface area contributed by atoms with Crippen LogP contribution in [0.25, 0.3) is 0 Å². The Bertz CT molecular complexity index is 635. The molecule has 0 aliphatic carbocycles. The Morgan fingerprint density at radius 1 is 1.17 bits per heavy atom. The molecular weight excluding hydrogens is 293 g/mol. The van der Waals surface area contributed by atoms with E-state index in [1.165, 1.54) is 35.2 Å². The Morgan fingerprint density at radius 2 is 1.83 bits per heavy atom. The topological polar surface area (TPSA) is 46.2 Å². The molecule has 2 rings (SSSR count). The molecule has 0 saturated heterocycles. The van der Waals surface area contributed by atoms with Gasteiger partial charge >= 0.3 is 0 Å². The van der Waals surface area contributed by atoms with Gasteiger partial charge in [-0.25, -0.2) is 12.8 Å². The van der Waals surface area contributed by atoms with E-state index in [9.17, 15) is 12.8 Å².